The van der Waals surface area contributed by atoms with Crippen LogP contribution in [0.1, 0.15) is 29.9 Å². The third-order valence-corrected chi connectivity index (χ3v) is 3.76. The van der Waals surface area contributed by atoms with E-state index in [4.69, 9.17) is 0 Å². The van der Waals surface area contributed by atoms with Gasteiger partial charge in [0.25, 0.3) is 5.91 Å². The predicted octanol–water partition coefficient (Wildman–Crippen LogP) is 0.720. The zero-order valence-electron chi connectivity index (χ0n) is 9.93. The molecule has 2 fully saturated rings. The monoisotopic (exact) mass is 234 g/mol. The summed E-state index contributed by atoms with van der Waals surface area (Å²) in [6.45, 7) is 4.12. The molecule has 1 N–H and O–H groups in total. The summed E-state index contributed by atoms with van der Waals surface area (Å²) >= 11 is 0. The first kappa shape index (κ1) is 10.8. The maximum atomic E-state index is 11.9. The minimum absolute atomic E-state index is 0.0308. The van der Waals surface area contributed by atoms with Crippen LogP contribution < -0.4 is 0 Å². The van der Waals surface area contributed by atoms with Crippen LogP contribution in [-0.2, 0) is 0 Å². The van der Waals surface area contributed by atoms with Gasteiger partial charge in [-0.05, 0) is 25.9 Å². The summed E-state index contributed by atoms with van der Waals surface area (Å²) in [7, 11) is 0. The minimum atomic E-state index is 0.0308. The molecule has 5 heteroatoms. The first-order valence-corrected chi connectivity index (χ1v) is 6.37. The number of piperidine rings is 1. The molecule has 17 heavy (non-hydrogen) atoms. The van der Waals surface area contributed by atoms with Crippen molar-refractivity contribution in [3.8, 4) is 0 Å². The van der Waals surface area contributed by atoms with Crippen molar-refractivity contribution in [2.45, 2.75) is 25.3 Å². The number of nitrogens with one attached hydrogen (secondary N) is 1. The lowest BCUT2D eigenvalue weighted by Crippen LogP contribution is -2.61. The highest BCUT2D eigenvalue weighted by atomic mass is 16.2. The Morgan fingerprint density at radius 3 is 2.71 bits per heavy atom. The van der Waals surface area contributed by atoms with E-state index in [1.165, 1.54) is 32.4 Å². The normalized spacial score (nSPS) is 22.5. The molecular formula is C12H18N4O. The van der Waals surface area contributed by atoms with E-state index in [1.54, 1.807) is 12.4 Å². The van der Waals surface area contributed by atoms with Gasteiger partial charge in [0, 0.05) is 31.5 Å². The van der Waals surface area contributed by atoms with E-state index in [2.05, 4.69) is 14.9 Å². The van der Waals surface area contributed by atoms with Crippen LogP contribution in [0.15, 0.2) is 12.4 Å². The van der Waals surface area contributed by atoms with Crippen LogP contribution in [0, 0.1) is 0 Å². The fourth-order valence-corrected chi connectivity index (χ4v) is 2.67. The number of hydrogen-bond acceptors (Lipinski definition) is 3. The van der Waals surface area contributed by atoms with Gasteiger partial charge in [-0.15, -0.1) is 0 Å². The summed E-state index contributed by atoms with van der Waals surface area (Å²) in [5, 5.41) is 0. The second-order valence-corrected chi connectivity index (χ2v) is 4.90. The molecule has 0 aliphatic carbocycles. The minimum Gasteiger partial charge on any atom is -0.341 e. The molecule has 1 aromatic heterocycles. The van der Waals surface area contributed by atoms with Crippen molar-refractivity contribution in [3.05, 3.63) is 18.2 Å². The van der Waals surface area contributed by atoms with Crippen LogP contribution in [0.25, 0.3) is 0 Å². The number of hydrogen-bond donors (Lipinski definition) is 1. The second kappa shape index (κ2) is 4.49. The Morgan fingerprint density at radius 2 is 2.06 bits per heavy atom. The summed E-state index contributed by atoms with van der Waals surface area (Å²) in [5.74, 6) is 0.491. The first-order chi connectivity index (χ1) is 8.34. The number of nitrogens with zero attached hydrogens (tertiary/aromatic N) is 3. The molecule has 92 valence electrons. The number of carbonyl (C=O) groups is 1. The van der Waals surface area contributed by atoms with Gasteiger partial charge in [0.1, 0.15) is 0 Å². The van der Waals surface area contributed by atoms with Crippen LogP contribution in [-0.4, -0.2) is 57.9 Å². The van der Waals surface area contributed by atoms with Gasteiger partial charge in [-0.2, -0.15) is 0 Å². The zero-order valence-corrected chi connectivity index (χ0v) is 9.93. The summed E-state index contributed by atoms with van der Waals surface area (Å²) < 4.78 is 0. The lowest BCUT2D eigenvalue weighted by atomic mass is 10.0. The summed E-state index contributed by atoms with van der Waals surface area (Å²) in [6, 6.07) is 0.578. The number of rotatable bonds is 2. The molecule has 0 radical (unpaired) electrons. The molecule has 3 rings (SSSR count). The van der Waals surface area contributed by atoms with Crippen molar-refractivity contribution in [3.63, 3.8) is 0 Å². The molecule has 5 nitrogen and oxygen atoms in total. The maximum Gasteiger partial charge on any atom is 0.289 e. The Labute approximate surface area is 101 Å². The van der Waals surface area contributed by atoms with Crippen molar-refractivity contribution in [2.24, 2.45) is 0 Å². The molecule has 0 aromatic carbocycles. The molecule has 0 saturated carbocycles. The average Bonchev–Trinajstić information content (AvgIpc) is 2.81. The van der Waals surface area contributed by atoms with Crippen molar-refractivity contribution in [2.75, 3.05) is 26.2 Å². The highest BCUT2D eigenvalue weighted by Gasteiger charge is 2.36. The second-order valence-electron chi connectivity index (χ2n) is 4.90. The van der Waals surface area contributed by atoms with Gasteiger partial charge in [-0.25, -0.2) is 4.98 Å². The van der Waals surface area contributed by atoms with Crippen LogP contribution >= 0.6 is 0 Å². The third-order valence-electron chi connectivity index (χ3n) is 3.76. The van der Waals surface area contributed by atoms with E-state index in [1.807, 2.05) is 4.90 Å². The topological polar surface area (TPSA) is 52.2 Å². The van der Waals surface area contributed by atoms with Crippen LogP contribution in [0.2, 0.25) is 0 Å². The molecule has 0 atom stereocenters. The number of carbonyl (C=O) groups excluding carboxylic acids is 1. The van der Waals surface area contributed by atoms with Gasteiger partial charge in [0.15, 0.2) is 5.82 Å². The Balaban J connectivity index is 1.52. The Morgan fingerprint density at radius 1 is 1.29 bits per heavy atom. The predicted molar refractivity (Wildman–Crippen MR) is 63.7 cm³/mol. The number of likely N-dealkylation sites (tertiary alicyclic amines) is 2. The Kier molecular flexibility index (Phi) is 2.84. The molecule has 0 spiro atoms. The quantitative estimate of drug-likeness (QED) is 0.820. The number of H-pyrrole nitrogens is 1. The molecule has 3 heterocycles. The lowest BCUT2D eigenvalue weighted by Gasteiger charge is -2.46. The van der Waals surface area contributed by atoms with Crippen molar-refractivity contribution >= 4 is 5.91 Å². The number of aromatic nitrogens is 2. The van der Waals surface area contributed by atoms with Crippen molar-refractivity contribution < 1.29 is 4.79 Å². The van der Waals surface area contributed by atoms with Gasteiger partial charge in [0.05, 0.1) is 0 Å². The van der Waals surface area contributed by atoms with E-state index in [0.717, 1.165) is 13.1 Å². The maximum absolute atomic E-state index is 11.9. The zero-order chi connectivity index (χ0) is 11.7. The first-order valence-electron chi connectivity index (χ1n) is 6.37. The fourth-order valence-electron chi connectivity index (χ4n) is 2.67. The van der Waals surface area contributed by atoms with Crippen molar-refractivity contribution in [1.29, 1.82) is 0 Å². The lowest BCUT2D eigenvalue weighted by molar-refractivity contribution is 0.0195. The summed E-state index contributed by atoms with van der Waals surface area (Å²) in [6.07, 6.45) is 7.29. The highest BCUT2D eigenvalue weighted by Crippen LogP contribution is 2.20. The number of amides is 1. The standard InChI is InChI=1S/C12H18N4O/c17-12(11-13-4-5-14-11)16-8-10(9-16)15-6-2-1-3-7-15/h4-5,10H,1-3,6-9H2,(H,13,14). The van der Waals surface area contributed by atoms with E-state index >= 15 is 0 Å². The SMILES string of the molecule is O=C(c1ncc[nH]1)N1CC(N2CCCCC2)C1. The number of imidazole rings is 1. The van der Waals surface area contributed by atoms with Gasteiger partial charge in [0.2, 0.25) is 0 Å². The van der Waals surface area contributed by atoms with E-state index in [0.29, 0.717) is 11.9 Å². The summed E-state index contributed by atoms with van der Waals surface area (Å²) in [4.78, 5) is 23.2. The highest BCUT2D eigenvalue weighted by molar-refractivity contribution is 5.91. The molecule has 1 amide bonds. The van der Waals surface area contributed by atoms with Gasteiger partial charge < -0.3 is 9.88 Å². The molecule has 2 aliphatic rings. The Hall–Kier alpha value is -1.36. The van der Waals surface area contributed by atoms with Gasteiger partial charge in [-0.3, -0.25) is 9.69 Å². The van der Waals surface area contributed by atoms with Gasteiger partial charge >= 0.3 is 0 Å². The number of aromatic amines is 1. The van der Waals surface area contributed by atoms with E-state index in [9.17, 15) is 4.79 Å². The molecular weight excluding hydrogens is 216 g/mol. The van der Waals surface area contributed by atoms with Gasteiger partial charge in [-0.1, -0.05) is 6.42 Å². The van der Waals surface area contributed by atoms with Crippen LogP contribution in [0.5, 0.6) is 0 Å². The fraction of sp³-hybridized carbons (Fsp3) is 0.667. The largest absolute Gasteiger partial charge is 0.341 e. The van der Waals surface area contributed by atoms with E-state index in [-0.39, 0.29) is 5.91 Å². The molecule has 0 bridgehead atoms. The third kappa shape index (κ3) is 2.07. The Bertz CT molecular complexity index is 377. The van der Waals surface area contributed by atoms with Crippen molar-refractivity contribution in [1.82, 2.24) is 19.8 Å². The van der Waals surface area contributed by atoms with Crippen LogP contribution in [0.4, 0.5) is 0 Å². The molecule has 0 unspecified atom stereocenters. The molecule has 1 aromatic rings. The molecule has 2 saturated heterocycles. The summed E-state index contributed by atoms with van der Waals surface area (Å²) in [5.41, 5.74) is 0. The smallest absolute Gasteiger partial charge is 0.289 e. The van der Waals surface area contributed by atoms with E-state index < -0.39 is 0 Å². The van der Waals surface area contributed by atoms with Crippen LogP contribution in [0.3, 0.4) is 0 Å². The average molecular weight is 234 g/mol. The molecule has 2 aliphatic heterocycles.